The van der Waals surface area contributed by atoms with Crippen LogP contribution in [0, 0.1) is 13.8 Å². The molecule has 1 aromatic heterocycles. The van der Waals surface area contributed by atoms with Crippen LogP contribution in [0.4, 0.5) is 5.69 Å². The third-order valence-corrected chi connectivity index (χ3v) is 5.61. The first-order valence-electron chi connectivity index (χ1n) is 9.02. The van der Waals surface area contributed by atoms with E-state index in [1.54, 1.807) is 18.4 Å². The predicted octanol–water partition coefficient (Wildman–Crippen LogP) is 3.66. The molecule has 1 aliphatic heterocycles. The molecule has 0 radical (unpaired) electrons. The number of aromatic nitrogens is 1. The Morgan fingerprint density at radius 3 is 2.67 bits per heavy atom. The molecule has 27 heavy (non-hydrogen) atoms. The van der Waals surface area contributed by atoms with Crippen molar-refractivity contribution in [2.75, 3.05) is 31.6 Å². The van der Waals surface area contributed by atoms with Crippen molar-refractivity contribution in [1.29, 1.82) is 0 Å². The molecule has 5 nitrogen and oxygen atoms in total. The summed E-state index contributed by atoms with van der Waals surface area (Å²) in [5.74, 6) is 0.822. The van der Waals surface area contributed by atoms with Crippen molar-refractivity contribution in [2.24, 2.45) is 4.99 Å². The molecule has 0 fully saturated rings. The maximum atomic E-state index is 4.58. The summed E-state index contributed by atoms with van der Waals surface area (Å²) in [6.07, 6.45) is 5.34. The molecular formula is C20H28IN5S. The molecule has 3 rings (SSSR count). The maximum Gasteiger partial charge on any atom is 0.191 e. The van der Waals surface area contributed by atoms with Gasteiger partial charge in [0.25, 0.3) is 0 Å². The molecule has 1 aliphatic rings. The number of anilines is 1. The second kappa shape index (κ2) is 10.7. The lowest BCUT2D eigenvalue weighted by Gasteiger charge is -2.19. The Bertz CT molecular complexity index is 772. The van der Waals surface area contributed by atoms with Crippen molar-refractivity contribution in [1.82, 2.24) is 15.6 Å². The summed E-state index contributed by atoms with van der Waals surface area (Å²) >= 11 is 1.78. The number of nitrogens with zero attached hydrogens (tertiary/aromatic N) is 3. The number of nitrogens with one attached hydrogen (secondary N) is 2. The highest BCUT2D eigenvalue weighted by Crippen LogP contribution is 2.18. The van der Waals surface area contributed by atoms with Crippen LogP contribution in [0.15, 0.2) is 41.4 Å². The predicted molar refractivity (Wildman–Crippen MR) is 127 cm³/mol. The topological polar surface area (TPSA) is 52.6 Å². The first-order valence-corrected chi connectivity index (χ1v) is 9.83. The maximum absolute atomic E-state index is 4.58. The highest BCUT2D eigenvalue weighted by atomic mass is 127. The lowest BCUT2D eigenvalue weighted by molar-refractivity contribution is 0.790. The van der Waals surface area contributed by atoms with Crippen LogP contribution < -0.4 is 15.5 Å². The summed E-state index contributed by atoms with van der Waals surface area (Å²) in [6, 6.07) is 8.68. The average Bonchev–Trinajstić information content (AvgIpc) is 3.29. The molecule has 0 spiro atoms. The second-order valence-electron chi connectivity index (χ2n) is 6.40. The van der Waals surface area contributed by atoms with Gasteiger partial charge < -0.3 is 15.5 Å². The largest absolute Gasteiger partial charge is 0.364 e. The zero-order chi connectivity index (χ0) is 18.4. The number of hydrogen-bond acceptors (Lipinski definition) is 4. The summed E-state index contributed by atoms with van der Waals surface area (Å²) in [5.41, 5.74) is 3.66. The van der Waals surface area contributed by atoms with Gasteiger partial charge in [-0.05, 0) is 31.5 Å². The molecular weight excluding hydrogens is 469 g/mol. The van der Waals surface area contributed by atoms with E-state index < -0.39 is 0 Å². The van der Waals surface area contributed by atoms with Crippen molar-refractivity contribution in [3.63, 3.8) is 0 Å². The summed E-state index contributed by atoms with van der Waals surface area (Å²) in [4.78, 5) is 12.6. The standard InChI is InChI=1S/C20H27N5S.HI/c1-15-16(2)26-19(24-15)9-10-22-20(21-3)23-14-17-7-6-8-18(13-17)25-11-4-5-12-25;/h4-8,13H,9-12,14H2,1-3H3,(H2,21,22,23);1H. The van der Waals surface area contributed by atoms with E-state index in [4.69, 9.17) is 0 Å². The van der Waals surface area contributed by atoms with Gasteiger partial charge >= 0.3 is 0 Å². The van der Waals surface area contributed by atoms with Gasteiger partial charge in [-0.1, -0.05) is 24.3 Å². The van der Waals surface area contributed by atoms with Gasteiger partial charge in [0.1, 0.15) is 0 Å². The molecule has 2 N–H and O–H groups in total. The zero-order valence-electron chi connectivity index (χ0n) is 16.2. The SMILES string of the molecule is CN=C(NCCc1nc(C)c(C)s1)NCc1cccc(N2CC=CC2)c1.I. The van der Waals surface area contributed by atoms with Crippen molar-refractivity contribution in [2.45, 2.75) is 26.8 Å². The summed E-state index contributed by atoms with van der Waals surface area (Å²) in [6.45, 7) is 7.76. The van der Waals surface area contributed by atoms with Crippen LogP contribution >= 0.6 is 35.3 Å². The van der Waals surface area contributed by atoms with Crippen LogP contribution in [0.3, 0.4) is 0 Å². The van der Waals surface area contributed by atoms with Gasteiger partial charge in [0.2, 0.25) is 0 Å². The Kier molecular flexibility index (Phi) is 8.56. The number of aliphatic imine (C=N–C) groups is 1. The van der Waals surface area contributed by atoms with E-state index >= 15 is 0 Å². The van der Waals surface area contributed by atoms with Crippen molar-refractivity contribution < 1.29 is 0 Å². The second-order valence-corrected chi connectivity index (χ2v) is 7.69. The van der Waals surface area contributed by atoms with E-state index in [9.17, 15) is 0 Å². The molecule has 0 atom stereocenters. The van der Waals surface area contributed by atoms with Gasteiger partial charge in [-0.2, -0.15) is 0 Å². The fourth-order valence-electron chi connectivity index (χ4n) is 2.89. The Labute approximate surface area is 183 Å². The molecule has 0 unspecified atom stereocenters. The van der Waals surface area contributed by atoms with Crippen molar-refractivity contribution in [3.8, 4) is 0 Å². The highest BCUT2D eigenvalue weighted by molar-refractivity contribution is 14.0. The minimum atomic E-state index is 0. The highest BCUT2D eigenvalue weighted by Gasteiger charge is 2.08. The lowest BCUT2D eigenvalue weighted by atomic mass is 10.2. The molecule has 146 valence electrons. The Morgan fingerprint density at radius 1 is 1.22 bits per heavy atom. The van der Waals surface area contributed by atoms with Gasteiger partial charge in [-0.25, -0.2) is 4.98 Å². The first-order chi connectivity index (χ1) is 12.7. The molecule has 7 heteroatoms. The summed E-state index contributed by atoms with van der Waals surface area (Å²) in [5, 5.41) is 7.94. The molecule has 2 heterocycles. The van der Waals surface area contributed by atoms with Crippen LogP contribution in [0.5, 0.6) is 0 Å². The minimum absolute atomic E-state index is 0. The minimum Gasteiger partial charge on any atom is -0.364 e. The van der Waals surface area contributed by atoms with E-state index in [2.05, 4.69) is 75.8 Å². The van der Waals surface area contributed by atoms with Crippen LogP contribution in [-0.2, 0) is 13.0 Å². The first kappa shape index (κ1) is 21.7. The van der Waals surface area contributed by atoms with Crippen molar-refractivity contribution >= 4 is 47.0 Å². The Hall–Kier alpha value is -1.61. The molecule has 0 bridgehead atoms. The lowest BCUT2D eigenvalue weighted by Crippen LogP contribution is -2.37. The molecule has 2 aromatic rings. The summed E-state index contributed by atoms with van der Waals surface area (Å²) in [7, 11) is 1.80. The average molecular weight is 497 g/mol. The van der Waals surface area contributed by atoms with Crippen LogP contribution in [-0.4, -0.2) is 37.6 Å². The quantitative estimate of drug-likeness (QED) is 0.277. The molecule has 0 saturated carbocycles. The molecule has 1 aromatic carbocycles. The number of thiazole rings is 1. The van der Waals surface area contributed by atoms with Gasteiger partial charge in [0.05, 0.1) is 10.7 Å². The number of halogens is 1. The van der Waals surface area contributed by atoms with E-state index in [0.717, 1.165) is 44.3 Å². The van der Waals surface area contributed by atoms with Gasteiger partial charge in [-0.3, -0.25) is 4.99 Å². The smallest absolute Gasteiger partial charge is 0.191 e. The van der Waals surface area contributed by atoms with Gasteiger partial charge in [-0.15, -0.1) is 35.3 Å². The van der Waals surface area contributed by atoms with Crippen LogP contribution in [0.1, 0.15) is 21.1 Å². The van der Waals surface area contributed by atoms with Crippen molar-refractivity contribution in [3.05, 3.63) is 57.6 Å². The normalized spacial score (nSPS) is 13.6. The number of hydrogen-bond donors (Lipinski definition) is 2. The Balaban J connectivity index is 0.00000261. The third kappa shape index (κ3) is 6.21. The monoisotopic (exact) mass is 497 g/mol. The fourth-order valence-corrected chi connectivity index (χ4v) is 3.83. The number of aryl methyl sites for hydroxylation is 2. The van der Waals surface area contributed by atoms with E-state index in [0.29, 0.717) is 0 Å². The van der Waals surface area contributed by atoms with Gasteiger partial charge in [0, 0.05) is 50.2 Å². The molecule has 0 aliphatic carbocycles. The summed E-state index contributed by atoms with van der Waals surface area (Å²) < 4.78 is 0. The fraction of sp³-hybridized carbons (Fsp3) is 0.400. The molecule has 0 amide bonds. The van der Waals surface area contributed by atoms with E-state index in [1.807, 2.05) is 0 Å². The third-order valence-electron chi connectivity index (χ3n) is 4.48. The van der Waals surface area contributed by atoms with Crippen LogP contribution in [0.25, 0.3) is 0 Å². The van der Waals surface area contributed by atoms with E-state index in [-0.39, 0.29) is 24.0 Å². The molecule has 0 saturated heterocycles. The van der Waals surface area contributed by atoms with Gasteiger partial charge in [0.15, 0.2) is 5.96 Å². The Morgan fingerprint density at radius 2 is 2.00 bits per heavy atom. The zero-order valence-corrected chi connectivity index (χ0v) is 19.3. The number of benzene rings is 1. The number of guanidine groups is 1. The van der Waals surface area contributed by atoms with E-state index in [1.165, 1.54) is 21.1 Å². The van der Waals surface area contributed by atoms with Crippen LogP contribution in [0.2, 0.25) is 0 Å². The number of rotatable bonds is 6.